The molecule has 7 nitrogen and oxygen atoms in total. The molecule has 1 aliphatic rings. The van der Waals surface area contributed by atoms with Crippen LogP contribution in [0.3, 0.4) is 0 Å². The highest BCUT2D eigenvalue weighted by Gasteiger charge is 2.15. The lowest BCUT2D eigenvalue weighted by atomic mass is 10.1. The van der Waals surface area contributed by atoms with Crippen molar-refractivity contribution in [2.24, 2.45) is 4.99 Å². The second-order valence-corrected chi connectivity index (χ2v) is 10.3. The van der Waals surface area contributed by atoms with Crippen LogP contribution in [0.15, 0.2) is 64.5 Å². The second kappa shape index (κ2) is 9.53. The Morgan fingerprint density at radius 2 is 1.78 bits per heavy atom. The zero-order valence-corrected chi connectivity index (χ0v) is 20.6. The summed E-state index contributed by atoms with van der Waals surface area (Å²) in [5, 5.41) is 0. The monoisotopic (exact) mass is 566 g/mol. The van der Waals surface area contributed by atoms with Crippen molar-refractivity contribution in [3.63, 3.8) is 0 Å². The molecule has 3 aromatic rings. The SMILES string of the molecule is C[C@@H](CI)Oc1cc(Oc2ccc(S(C)(=O)=O)cc2)cc(-c2ccc(C3=NCCO3)[nH]2)c1. The summed E-state index contributed by atoms with van der Waals surface area (Å²) in [6.45, 7) is 3.26. The number of sulfone groups is 1. The van der Waals surface area contributed by atoms with E-state index < -0.39 is 9.84 Å². The van der Waals surface area contributed by atoms with E-state index in [2.05, 4.69) is 32.6 Å². The fourth-order valence-corrected chi connectivity index (χ4v) is 4.01. The third-order valence-corrected chi connectivity index (χ3v) is 7.10. The number of aromatic amines is 1. The first-order valence-electron chi connectivity index (χ1n) is 10.0. The first kappa shape index (κ1) is 22.7. The van der Waals surface area contributed by atoms with Crippen molar-refractivity contribution < 1.29 is 22.6 Å². The normalized spacial score (nSPS) is 14.5. The fraction of sp³-hybridized carbons (Fsp3) is 0.261. The van der Waals surface area contributed by atoms with Gasteiger partial charge in [-0.15, -0.1) is 0 Å². The zero-order chi connectivity index (χ0) is 22.7. The number of nitrogens with zero attached hydrogens (tertiary/aromatic N) is 1. The highest BCUT2D eigenvalue weighted by atomic mass is 127. The van der Waals surface area contributed by atoms with Crippen molar-refractivity contribution in [3.05, 3.63) is 60.3 Å². The third kappa shape index (κ3) is 5.44. The molecular weight excluding hydrogens is 543 g/mol. The number of hydrogen-bond donors (Lipinski definition) is 1. The molecule has 1 atom stereocenters. The summed E-state index contributed by atoms with van der Waals surface area (Å²) in [6.07, 6.45) is 1.21. The average molecular weight is 566 g/mol. The molecule has 1 N–H and O–H groups in total. The maximum Gasteiger partial charge on any atom is 0.233 e. The summed E-state index contributed by atoms with van der Waals surface area (Å²) in [6, 6.07) is 15.9. The highest BCUT2D eigenvalue weighted by Crippen LogP contribution is 2.33. The van der Waals surface area contributed by atoms with Crippen LogP contribution in [0, 0.1) is 0 Å². The molecule has 0 saturated carbocycles. The summed E-state index contributed by atoms with van der Waals surface area (Å²) < 4.78 is 41.9. The Kier molecular flexibility index (Phi) is 6.75. The van der Waals surface area contributed by atoms with Gasteiger partial charge in [-0.1, -0.05) is 22.6 Å². The van der Waals surface area contributed by atoms with Gasteiger partial charge in [0, 0.05) is 28.0 Å². The number of rotatable bonds is 8. The van der Waals surface area contributed by atoms with Gasteiger partial charge in [0.25, 0.3) is 0 Å². The number of ether oxygens (including phenoxy) is 3. The van der Waals surface area contributed by atoms with Gasteiger partial charge in [-0.3, -0.25) is 0 Å². The molecule has 1 aliphatic heterocycles. The van der Waals surface area contributed by atoms with E-state index in [-0.39, 0.29) is 11.0 Å². The van der Waals surface area contributed by atoms with Crippen molar-refractivity contribution >= 4 is 38.3 Å². The van der Waals surface area contributed by atoms with Gasteiger partial charge >= 0.3 is 0 Å². The summed E-state index contributed by atoms with van der Waals surface area (Å²) >= 11 is 2.28. The number of halogens is 1. The predicted octanol–water partition coefficient (Wildman–Crippen LogP) is 4.86. The number of nitrogens with one attached hydrogen (secondary N) is 1. The van der Waals surface area contributed by atoms with E-state index >= 15 is 0 Å². The minimum atomic E-state index is -3.26. The maximum atomic E-state index is 11.7. The van der Waals surface area contributed by atoms with E-state index in [0.29, 0.717) is 36.3 Å². The van der Waals surface area contributed by atoms with E-state index in [1.54, 1.807) is 12.1 Å². The topological polar surface area (TPSA) is 90.0 Å². The van der Waals surface area contributed by atoms with E-state index in [1.165, 1.54) is 18.4 Å². The van der Waals surface area contributed by atoms with Gasteiger partial charge in [0.15, 0.2) is 9.84 Å². The summed E-state index contributed by atoms with van der Waals surface area (Å²) in [5.74, 6) is 2.41. The molecule has 0 fully saturated rings. The number of H-pyrrole nitrogens is 1. The largest absolute Gasteiger partial charge is 0.490 e. The quantitative estimate of drug-likeness (QED) is 0.311. The van der Waals surface area contributed by atoms with Gasteiger partial charge in [-0.25, -0.2) is 13.4 Å². The molecule has 0 radical (unpaired) electrons. The Morgan fingerprint density at radius 1 is 1.06 bits per heavy atom. The number of alkyl halides is 1. The van der Waals surface area contributed by atoms with Crippen LogP contribution >= 0.6 is 22.6 Å². The molecule has 0 unspecified atom stereocenters. The Morgan fingerprint density at radius 3 is 2.44 bits per heavy atom. The van der Waals surface area contributed by atoms with Crippen LogP contribution in [0.2, 0.25) is 0 Å². The van der Waals surface area contributed by atoms with Crippen molar-refractivity contribution in [2.45, 2.75) is 17.9 Å². The van der Waals surface area contributed by atoms with Crippen LogP contribution in [0.1, 0.15) is 12.6 Å². The van der Waals surface area contributed by atoms with Crippen LogP contribution in [0.25, 0.3) is 11.3 Å². The van der Waals surface area contributed by atoms with Gasteiger partial charge in [0.1, 0.15) is 35.7 Å². The van der Waals surface area contributed by atoms with Crippen LogP contribution in [-0.2, 0) is 14.6 Å². The van der Waals surface area contributed by atoms with Gasteiger partial charge in [-0.2, -0.15) is 0 Å². The molecule has 9 heteroatoms. The molecule has 4 rings (SSSR count). The molecule has 0 saturated heterocycles. The maximum absolute atomic E-state index is 11.7. The molecule has 168 valence electrons. The number of aromatic nitrogens is 1. The molecule has 0 spiro atoms. The summed E-state index contributed by atoms with van der Waals surface area (Å²) in [7, 11) is -3.26. The molecule has 2 heterocycles. The lowest BCUT2D eigenvalue weighted by Gasteiger charge is -2.15. The lowest BCUT2D eigenvalue weighted by Crippen LogP contribution is -2.12. The van der Waals surface area contributed by atoms with Gasteiger partial charge in [0.2, 0.25) is 5.90 Å². The number of aliphatic imine (C=N–C) groups is 1. The Balaban J connectivity index is 1.65. The first-order chi connectivity index (χ1) is 15.3. The number of benzene rings is 2. The van der Waals surface area contributed by atoms with E-state index in [4.69, 9.17) is 14.2 Å². The van der Waals surface area contributed by atoms with Crippen molar-refractivity contribution in [1.29, 1.82) is 0 Å². The Bertz CT molecular complexity index is 1240. The Labute approximate surface area is 200 Å². The minimum Gasteiger partial charge on any atom is -0.490 e. The second-order valence-electron chi connectivity index (χ2n) is 7.44. The van der Waals surface area contributed by atoms with E-state index in [0.717, 1.165) is 21.4 Å². The first-order valence-corrected chi connectivity index (χ1v) is 13.5. The fourth-order valence-electron chi connectivity index (χ4n) is 3.20. The smallest absolute Gasteiger partial charge is 0.233 e. The highest BCUT2D eigenvalue weighted by molar-refractivity contribution is 14.1. The molecule has 2 aromatic carbocycles. The molecule has 0 amide bonds. The molecule has 32 heavy (non-hydrogen) atoms. The van der Waals surface area contributed by atoms with Gasteiger partial charge in [-0.05, 0) is 55.5 Å². The Hall–Kier alpha value is -2.53. The van der Waals surface area contributed by atoms with E-state index in [9.17, 15) is 8.42 Å². The average Bonchev–Trinajstić information content (AvgIpc) is 3.45. The standard InChI is InChI=1S/C23H23IN2O5S/c1-15(14-24)30-18-11-16(21-7-8-22(26-21)23-25-9-10-29-23)12-19(13-18)31-17-3-5-20(6-4-17)32(2,27)28/h3-8,11-13,15,26H,9-10,14H2,1-2H3/t15-/m0/s1. The van der Waals surface area contributed by atoms with Crippen molar-refractivity contribution in [2.75, 3.05) is 23.8 Å². The third-order valence-electron chi connectivity index (χ3n) is 4.74. The molecule has 1 aromatic heterocycles. The van der Waals surface area contributed by atoms with Gasteiger partial charge in [0.05, 0.1) is 11.4 Å². The summed E-state index contributed by atoms with van der Waals surface area (Å²) in [5.41, 5.74) is 2.59. The van der Waals surface area contributed by atoms with Crippen LogP contribution in [0.4, 0.5) is 0 Å². The minimum absolute atomic E-state index is 0.0354. The van der Waals surface area contributed by atoms with E-state index in [1.807, 2.05) is 37.3 Å². The van der Waals surface area contributed by atoms with Crippen LogP contribution < -0.4 is 9.47 Å². The lowest BCUT2D eigenvalue weighted by molar-refractivity contribution is 0.249. The van der Waals surface area contributed by atoms with Crippen molar-refractivity contribution in [1.82, 2.24) is 4.98 Å². The molecule has 0 bridgehead atoms. The van der Waals surface area contributed by atoms with Crippen LogP contribution in [0.5, 0.6) is 17.2 Å². The van der Waals surface area contributed by atoms with Gasteiger partial charge < -0.3 is 19.2 Å². The zero-order valence-electron chi connectivity index (χ0n) is 17.7. The molecular formula is C23H23IN2O5S. The van der Waals surface area contributed by atoms with Crippen molar-refractivity contribution in [3.8, 4) is 28.5 Å². The number of hydrogen-bond acceptors (Lipinski definition) is 6. The summed E-state index contributed by atoms with van der Waals surface area (Å²) in [4.78, 5) is 7.94. The molecule has 0 aliphatic carbocycles. The van der Waals surface area contributed by atoms with Crippen LogP contribution in [-0.4, -0.2) is 49.2 Å². The predicted molar refractivity (Wildman–Crippen MR) is 132 cm³/mol.